The van der Waals surface area contributed by atoms with Crippen molar-refractivity contribution in [1.82, 2.24) is 4.90 Å². The molecular weight excluding hydrogens is 102 g/mol. The number of carbonyl (C=O) groups excluding carboxylic acids is 1. The number of amides is 1. The Hall–Kier alpha value is -0.530. The summed E-state index contributed by atoms with van der Waals surface area (Å²) in [5.41, 5.74) is 0. The van der Waals surface area contributed by atoms with Gasteiger partial charge in [-0.2, -0.15) is 0 Å². The number of hydrogen-bond acceptors (Lipinski definition) is 1. The van der Waals surface area contributed by atoms with E-state index in [1.54, 1.807) is 4.90 Å². The summed E-state index contributed by atoms with van der Waals surface area (Å²) in [6.07, 6.45) is 0.747. The standard InChI is InChI=1S/C6H11NO/c1-5-3-6(8)7(2)4-5/h5H,3-4H2,1-2H3/t5-/m0/s1. The van der Waals surface area contributed by atoms with Gasteiger partial charge in [0.1, 0.15) is 0 Å². The van der Waals surface area contributed by atoms with Crippen molar-refractivity contribution in [3.8, 4) is 0 Å². The Morgan fingerprint density at radius 3 is 2.50 bits per heavy atom. The van der Waals surface area contributed by atoms with Gasteiger partial charge in [0.2, 0.25) is 5.91 Å². The van der Waals surface area contributed by atoms with Crippen LogP contribution in [-0.4, -0.2) is 24.4 Å². The van der Waals surface area contributed by atoms with Crippen molar-refractivity contribution in [1.29, 1.82) is 0 Å². The van der Waals surface area contributed by atoms with Gasteiger partial charge in [-0.3, -0.25) is 4.79 Å². The van der Waals surface area contributed by atoms with E-state index in [2.05, 4.69) is 6.92 Å². The van der Waals surface area contributed by atoms with Gasteiger partial charge in [-0.05, 0) is 5.92 Å². The van der Waals surface area contributed by atoms with E-state index in [1.165, 1.54) is 0 Å². The van der Waals surface area contributed by atoms with E-state index in [1.807, 2.05) is 7.05 Å². The molecule has 46 valence electrons. The molecule has 1 fully saturated rings. The third-order valence-corrected chi connectivity index (χ3v) is 1.53. The highest BCUT2D eigenvalue weighted by atomic mass is 16.2. The molecule has 0 bridgehead atoms. The molecule has 0 aromatic carbocycles. The second-order valence-electron chi connectivity index (χ2n) is 2.58. The predicted molar refractivity (Wildman–Crippen MR) is 31.4 cm³/mol. The molecule has 1 aliphatic rings. The average Bonchev–Trinajstić information content (AvgIpc) is 1.85. The minimum Gasteiger partial charge on any atom is -0.345 e. The monoisotopic (exact) mass is 113 g/mol. The highest BCUT2D eigenvalue weighted by Gasteiger charge is 2.22. The third kappa shape index (κ3) is 0.831. The summed E-state index contributed by atoms with van der Waals surface area (Å²) in [7, 11) is 1.85. The van der Waals surface area contributed by atoms with Crippen LogP contribution >= 0.6 is 0 Å². The van der Waals surface area contributed by atoms with Crippen LogP contribution in [0.4, 0.5) is 0 Å². The fourth-order valence-electron chi connectivity index (χ4n) is 1.09. The molecule has 0 radical (unpaired) electrons. The van der Waals surface area contributed by atoms with Gasteiger partial charge in [0.15, 0.2) is 0 Å². The van der Waals surface area contributed by atoms with Crippen LogP contribution in [0.5, 0.6) is 0 Å². The molecule has 1 amide bonds. The highest BCUT2D eigenvalue weighted by molar-refractivity contribution is 5.78. The van der Waals surface area contributed by atoms with Gasteiger partial charge < -0.3 is 4.90 Å². The van der Waals surface area contributed by atoms with Crippen LogP contribution in [0.15, 0.2) is 0 Å². The Labute approximate surface area is 49.5 Å². The van der Waals surface area contributed by atoms with Crippen molar-refractivity contribution in [3.63, 3.8) is 0 Å². The molecule has 1 saturated heterocycles. The number of carbonyl (C=O) groups is 1. The lowest BCUT2D eigenvalue weighted by Crippen LogP contribution is -2.18. The first-order chi connectivity index (χ1) is 3.70. The fraction of sp³-hybridized carbons (Fsp3) is 0.833. The highest BCUT2D eigenvalue weighted by Crippen LogP contribution is 2.13. The Balaban J connectivity index is 2.51. The summed E-state index contributed by atoms with van der Waals surface area (Å²) in [6.45, 7) is 3.04. The summed E-state index contributed by atoms with van der Waals surface area (Å²) in [4.78, 5) is 12.5. The molecule has 0 saturated carbocycles. The van der Waals surface area contributed by atoms with Crippen molar-refractivity contribution < 1.29 is 4.79 Å². The Bertz CT molecular complexity index is 111. The van der Waals surface area contributed by atoms with Crippen LogP contribution in [0.2, 0.25) is 0 Å². The topological polar surface area (TPSA) is 20.3 Å². The van der Waals surface area contributed by atoms with Gasteiger partial charge in [0.05, 0.1) is 0 Å². The smallest absolute Gasteiger partial charge is 0.222 e. The quantitative estimate of drug-likeness (QED) is 0.447. The Morgan fingerprint density at radius 2 is 2.38 bits per heavy atom. The fourth-order valence-corrected chi connectivity index (χ4v) is 1.09. The SMILES string of the molecule is C[C@H]1CC(=O)N(C)C1. The normalized spacial score (nSPS) is 29.5. The van der Waals surface area contributed by atoms with Crippen LogP contribution < -0.4 is 0 Å². The molecule has 8 heavy (non-hydrogen) atoms. The molecule has 0 aromatic rings. The summed E-state index contributed by atoms with van der Waals surface area (Å²) in [6, 6.07) is 0. The van der Waals surface area contributed by atoms with Crippen LogP contribution in [0.1, 0.15) is 13.3 Å². The van der Waals surface area contributed by atoms with E-state index in [4.69, 9.17) is 0 Å². The number of rotatable bonds is 0. The summed E-state index contributed by atoms with van der Waals surface area (Å²) < 4.78 is 0. The first-order valence-corrected chi connectivity index (χ1v) is 2.94. The van der Waals surface area contributed by atoms with E-state index in [9.17, 15) is 4.79 Å². The first kappa shape index (κ1) is 5.60. The van der Waals surface area contributed by atoms with Crippen LogP contribution in [0, 0.1) is 5.92 Å². The molecule has 1 atom stereocenters. The second-order valence-corrected chi connectivity index (χ2v) is 2.58. The largest absolute Gasteiger partial charge is 0.345 e. The van der Waals surface area contributed by atoms with Gasteiger partial charge >= 0.3 is 0 Å². The molecular formula is C6H11NO. The lowest BCUT2D eigenvalue weighted by molar-refractivity contribution is -0.126. The molecule has 0 spiro atoms. The summed E-state index contributed by atoms with van der Waals surface area (Å²) in [5.74, 6) is 0.866. The van der Waals surface area contributed by atoms with Gasteiger partial charge in [-0.15, -0.1) is 0 Å². The maximum atomic E-state index is 10.7. The van der Waals surface area contributed by atoms with Gasteiger partial charge in [0.25, 0.3) is 0 Å². The zero-order valence-corrected chi connectivity index (χ0v) is 5.35. The maximum Gasteiger partial charge on any atom is 0.222 e. The molecule has 0 unspecified atom stereocenters. The van der Waals surface area contributed by atoms with Crippen LogP contribution in [0.25, 0.3) is 0 Å². The third-order valence-electron chi connectivity index (χ3n) is 1.53. The first-order valence-electron chi connectivity index (χ1n) is 2.94. The summed E-state index contributed by atoms with van der Waals surface area (Å²) in [5, 5.41) is 0. The molecule has 1 heterocycles. The number of likely N-dealkylation sites (tertiary alicyclic amines) is 1. The molecule has 1 aliphatic heterocycles. The molecule has 2 nitrogen and oxygen atoms in total. The lowest BCUT2D eigenvalue weighted by atomic mass is 10.2. The van der Waals surface area contributed by atoms with E-state index in [0.29, 0.717) is 5.92 Å². The summed E-state index contributed by atoms with van der Waals surface area (Å²) >= 11 is 0. The van der Waals surface area contributed by atoms with Crippen molar-refractivity contribution >= 4 is 5.91 Å². The number of nitrogens with zero attached hydrogens (tertiary/aromatic N) is 1. The zero-order chi connectivity index (χ0) is 6.15. The van der Waals surface area contributed by atoms with Crippen molar-refractivity contribution in [2.24, 2.45) is 5.92 Å². The zero-order valence-electron chi connectivity index (χ0n) is 5.35. The Kier molecular flexibility index (Phi) is 1.24. The van der Waals surface area contributed by atoms with Crippen molar-refractivity contribution in [2.75, 3.05) is 13.6 Å². The Morgan fingerprint density at radius 1 is 1.75 bits per heavy atom. The molecule has 0 aromatic heterocycles. The van der Waals surface area contributed by atoms with E-state index in [-0.39, 0.29) is 5.91 Å². The minimum atomic E-state index is 0.289. The van der Waals surface area contributed by atoms with E-state index in [0.717, 1.165) is 13.0 Å². The average molecular weight is 113 g/mol. The lowest BCUT2D eigenvalue weighted by Gasteiger charge is -2.04. The van der Waals surface area contributed by atoms with Crippen molar-refractivity contribution in [2.45, 2.75) is 13.3 Å². The van der Waals surface area contributed by atoms with Gasteiger partial charge in [-0.25, -0.2) is 0 Å². The minimum absolute atomic E-state index is 0.289. The van der Waals surface area contributed by atoms with E-state index >= 15 is 0 Å². The maximum absolute atomic E-state index is 10.7. The number of hydrogen-bond donors (Lipinski definition) is 0. The van der Waals surface area contributed by atoms with E-state index < -0.39 is 0 Å². The molecule has 0 N–H and O–H groups in total. The molecule has 0 aliphatic carbocycles. The second kappa shape index (κ2) is 1.77. The van der Waals surface area contributed by atoms with Crippen LogP contribution in [0.3, 0.4) is 0 Å². The predicted octanol–water partition coefficient (Wildman–Crippen LogP) is 0.485. The molecule has 1 rings (SSSR count). The van der Waals surface area contributed by atoms with Crippen LogP contribution in [-0.2, 0) is 4.79 Å². The van der Waals surface area contributed by atoms with Crippen molar-refractivity contribution in [3.05, 3.63) is 0 Å². The molecule has 2 heteroatoms. The van der Waals surface area contributed by atoms with Gasteiger partial charge in [0, 0.05) is 20.0 Å². The van der Waals surface area contributed by atoms with Gasteiger partial charge in [-0.1, -0.05) is 6.92 Å².